The molecule has 0 aliphatic heterocycles. The van der Waals surface area contributed by atoms with E-state index >= 15 is 0 Å². The monoisotopic (exact) mass is 265 g/mol. The van der Waals surface area contributed by atoms with E-state index in [1.165, 1.54) is 17.4 Å². The van der Waals surface area contributed by atoms with Gasteiger partial charge >= 0.3 is 6.03 Å². The molecule has 1 heterocycles. The van der Waals surface area contributed by atoms with Gasteiger partial charge in [0.1, 0.15) is 5.82 Å². The molecule has 0 atom stereocenters. The molecular weight excluding hydrogens is 253 g/mol. The Balaban J connectivity index is 1.77. The van der Waals surface area contributed by atoms with Crippen molar-refractivity contribution in [1.29, 1.82) is 0 Å². The number of aromatic nitrogens is 1. The molecule has 2 N–H and O–H groups in total. The number of nitrogens with zero attached hydrogens (tertiary/aromatic N) is 1. The summed E-state index contributed by atoms with van der Waals surface area (Å²) in [6.07, 6.45) is 0. The number of amides is 2. The Bertz CT molecular complexity index is 516. The van der Waals surface area contributed by atoms with Crippen molar-refractivity contribution in [3.63, 3.8) is 0 Å². The van der Waals surface area contributed by atoms with E-state index in [0.29, 0.717) is 12.1 Å². The van der Waals surface area contributed by atoms with Gasteiger partial charge in [0.2, 0.25) is 0 Å². The maximum atomic E-state index is 13.3. The summed E-state index contributed by atoms with van der Waals surface area (Å²) >= 11 is 1.47. The maximum Gasteiger partial charge on any atom is 0.315 e. The van der Waals surface area contributed by atoms with Crippen LogP contribution in [0.15, 0.2) is 35.2 Å². The summed E-state index contributed by atoms with van der Waals surface area (Å²) < 4.78 is 13.3. The first-order valence-corrected chi connectivity index (χ1v) is 6.32. The molecular formula is C12H12FN3OS. The standard InChI is InChI=1S/C12H12FN3OS/c13-11-4-2-1-3-9(11)5-14-12(17)15-6-10-7-18-8-16-10/h1-4,7-8H,5-6H2,(H2,14,15,17). The van der Waals surface area contributed by atoms with Crippen LogP contribution >= 0.6 is 11.3 Å². The van der Waals surface area contributed by atoms with Crippen LogP contribution in [-0.2, 0) is 13.1 Å². The van der Waals surface area contributed by atoms with Gasteiger partial charge in [-0.05, 0) is 6.07 Å². The molecule has 94 valence electrons. The van der Waals surface area contributed by atoms with Crippen LogP contribution < -0.4 is 10.6 Å². The van der Waals surface area contributed by atoms with Gasteiger partial charge in [-0.25, -0.2) is 14.2 Å². The average molecular weight is 265 g/mol. The highest BCUT2D eigenvalue weighted by Gasteiger charge is 2.04. The molecule has 6 heteroatoms. The maximum absolute atomic E-state index is 13.3. The fourth-order valence-electron chi connectivity index (χ4n) is 1.38. The van der Waals surface area contributed by atoms with Crippen LogP contribution in [0.4, 0.5) is 9.18 Å². The van der Waals surface area contributed by atoms with Gasteiger partial charge in [-0.1, -0.05) is 18.2 Å². The highest BCUT2D eigenvalue weighted by Crippen LogP contribution is 2.05. The lowest BCUT2D eigenvalue weighted by atomic mass is 10.2. The molecule has 4 nitrogen and oxygen atoms in total. The third kappa shape index (κ3) is 3.53. The first-order chi connectivity index (χ1) is 8.75. The van der Waals surface area contributed by atoms with Crippen LogP contribution in [0.5, 0.6) is 0 Å². The van der Waals surface area contributed by atoms with E-state index in [0.717, 1.165) is 5.69 Å². The van der Waals surface area contributed by atoms with Crippen LogP contribution in [0.1, 0.15) is 11.3 Å². The minimum absolute atomic E-state index is 0.162. The van der Waals surface area contributed by atoms with Gasteiger partial charge in [-0.2, -0.15) is 0 Å². The SMILES string of the molecule is O=C(NCc1cscn1)NCc1ccccc1F. The second-order valence-electron chi connectivity index (χ2n) is 3.61. The summed E-state index contributed by atoms with van der Waals surface area (Å²) in [5.74, 6) is -0.322. The molecule has 0 aliphatic carbocycles. The summed E-state index contributed by atoms with van der Waals surface area (Å²) in [7, 11) is 0. The number of halogens is 1. The minimum Gasteiger partial charge on any atom is -0.334 e. The van der Waals surface area contributed by atoms with E-state index in [9.17, 15) is 9.18 Å². The average Bonchev–Trinajstić information content (AvgIpc) is 2.88. The highest BCUT2D eigenvalue weighted by molar-refractivity contribution is 7.07. The van der Waals surface area contributed by atoms with Gasteiger partial charge < -0.3 is 10.6 Å². The number of benzene rings is 1. The predicted octanol–water partition coefficient (Wildman–Crippen LogP) is 2.28. The molecule has 0 radical (unpaired) electrons. The Labute approximate surface area is 108 Å². The van der Waals surface area contributed by atoms with Crippen LogP contribution in [-0.4, -0.2) is 11.0 Å². The molecule has 1 aromatic carbocycles. The van der Waals surface area contributed by atoms with Gasteiger partial charge in [-0.15, -0.1) is 11.3 Å². The highest BCUT2D eigenvalue weighted by atomic mass is 32.1. The van der Waals surface area contributed by atoms with Gasteiger partial charge in [0.15, 0.2) is 0 Å². The van der Waals surface area contributed by atoms with Crippen molar-refractivity contribution in [2.24, 2.45) is 0 Å². The molecule has 0 fully saturated rings. The van der Waals surface area contributed by atoms with Gasteiger partial charge in [0.05, 0.1) is 17.7 Å². The van der Waals surface area contributed by atoms with Crippen LogP contribution in [0, 0.1) is 5.82 Å². The van der Waals surface area contributed by atoms with Crippen molar-refractivity contribution >= 4 is 17.4 Å². The zero-order valence-electron chi connectivity index (χ0n) is 9.52. The Hall–Kier alpha value is -1.95. The van der Waals surface area contributed by atoms with Crippen molar-refractivity contribution in [3.8, 4) is 0 Å². The van der Waals surface area contributed by atoms with E-state index in [-0.39, 0.29) is 18.4 Å². The topological polar surface area (TPSA) is 54.0 Å². The number of carbonyl (C=O) groups is 1. The second-order valence-corrected chi connectivity index (χ2v) is 4.33. The fraction of sp³-hybridized carbons (Fsp3) is 0.167. The minimum atomic E-state index is -0.341. The number of hydrogen-bond donors (Lipinski definition) is 2. The van der Waals surface area contributed by atoms with Gasteiger partial charge in [0, 0.05) is 17.5 Å². The van der Waals surface area contributed by atoms with Crippen molar-refractivity contribution in [3.05, 3.63) is 52.2 Å². The summed E-state index contributed by atoms with van der Waals surface area (Å²) in [6.45, 7) is 0.530. The van der Waals surface area contributed by atoms with Gasteiger partial charge in [-0.3, -0.25) is 0 Å². The first kappa shape index (κ1) is 12.5. The van der Waals surface area contributed by atoms with E-state index < -0.39 is 0 Å². The Morgan fingerprint density at radius 1 is 1.28 bits per heavy atom. The molecule has 2 rings (SSSR count). The van der Waals surface area contributed by atoms with Crippen LogP contribution in [0.2, 0.25) is 0 Å². The van der Waals surface area contributed by atoms with E-state index in [1.807, 2.05) is 5.38 Å². The number of thiazole rings is 1. The molecule has 0 unspecified atom stereocenters. The molecule has 1 aromatic heterocycles. The number of urea groups is 1. The summed E-state index contributed by atoms with van der Waals surface area (Å²) in [4.78, 5) is 15.5. The lowest BCUT2D eigenvalue weighted by Gasteiger charge is -2.07. The summed E-state index contributed by atoms with van der Waals surface area (Å²) in [5.41, 5.74) is 2.97. The molecule has 0 saturated heterocycles. The van der Waals surface area contributed by atoms with Crippen molar-refractivity contribution in [1.82, 2.24) is 15.6 Å². The molecule has 18 heavy (non-hydrogen) atoms. The Morgan fingerprint density at radius 2 is 2.06 bits per heavy atom. The summed E-state index contributed by atoms with van der Waals surface area (Å²) in [6, 6.07) is 6.00. The van der Waals surface area contributed by atoms with Crippen LogP contribution in [0.25, 0.3) is 0 Å². The normalized spacial score (nSPS) is 10.1. The molecule has 0 bridgehead atoms. The van der Waals surface area contributed by atoms with Crippen LogP contribution in [0.3, 0.4) is 0 Å². The van der Waals surface area contributed by atoms with Gasteiger partial charge in [0.25, 0.3) is 0 Å². The number of carbonyl (C=O) groups excluding carboxylic acids is 1. The van der Waals surface area contributed by atoms with Crippen molar-refractivity contribution in [2.45, 2.75) is 13.1 Å². The largest absolute Gasteiger partial charge is 0.334 e. The second kappa shape index (κ2) is 6.11. The number of hydrogen-bond acceptors (Lipinski definition) is 3. The predicted molar refractivity (Wildman–Crippen MR) is 67.6 cm³/mol. The number of rotatable bonds is 4. The van der Waals surface area contributed by atoms with Crippen molar-refractivity contribution in [2.75, 3.05) is 0 Å². The number of nitrogens with one attached hydrogen (secondary N) is 2. The molecule has 0 saturated carbocycles. The molecule has 0 aliphatic rings. The van der Waals surface area contributed by atoms with Crippen molar-refractivity contribution < 1.29 is 9.18 Å². The lowest BCUT2D eigenvalue weighted by Crippen LogP contribution is -2.34. The Morgan fingerprint density at radius 3 is 2.78 bits per heavy atom. The lowest BCUT2D eigenvalue weighted by molar-refractivity contribution is 0.240. The summed E-state index contributed by atoms with van der Waals surface area (Å²) in [5, 5.41) is 7.09. The zero-order chi connectivity index (χ0) is 12.8. The van der Waals surface area contributed by atoms with E-state index in [2.05, 4.69) is 15.6 Å². The quantitative estimate of drug-likeness (QED) is 0.891. The third-order valence-corrected chi connectivity index (χ3v) is 2.95. The zero-order valence-corrected chi connectivity index (χ0v) is 10.3. The Kier molecular flexibility index (Phi) is 4.25. The molecule has 0 spiro atoms. The third-order valence-electron chi connectivity index (χ3n) is 2.31. The fourth-order valence-corrected chi connectivity index (χ4v) is 1.93. The van der Waals surface area contributed by atoms with E-state index in [1.54, 1.807) is 23.7 Å². The first-order valence-electron chi connectivity index (χ1n) is 5.38. The van der Waals surface area contributed by atoms with E-state index in [4.69, 9.17) is 0 Å². The smallest absolute Gasteiger partial charge is 0.315 e. The molecule has 2 aromatic rings. The molecule has 2 amide bonds.